The van der Waals surface area contributed by atoms with Gasteiger partial charge in [0, 0.05) is 37.2 Å². The number of amides is 4. The van der Waals surface area contributed by atoms with Crippen LogP contribution in [0.25, 0.3) is 0 Å². The van der Waals surface area contributed by atoms with Crippen molar-refractivity contribution in [3.63, 3.8) is 0 Å². The molecule has 1 aromatic rings. The van der Waals surface area contributed by atoms with Crippen molar-refractivity contribution < 1.29 is 19.2 Å². The molecule has 0 bridgehead atoms. The second-order valence-electron chi connectivity index (χ2n) is 8.72. The summed E-state index contributed by atoms with van der Waals surface area (Å²) in [7, 11) is 0. The third kappa shape index (κ3) is 3.91. The predicted molar refractivity (Wildman–Crippen MR) is 106 cm³/mol. The maximum absolute atomic E-state index is 12.7. The third-order valence-corrected chi connectivity index (χ3v) is 5.85. The molecule has 0 atom stereocenters. The fourth-order valence-electron chi connectivity index (χ4n) is 4.06. The molecular weight excluding hydrogens is 370 g/mol. The van der Waals surface area contributed by atoms with Crippen LogP contribution < -0.4 is 5.32 Å². The summed E-state index contributed by atoms with van der Waals surface area (Å²) in [5.74, 6) is -0.218. The molecule has 0 radical (unpaired) electrons. The van der Waals surface area contributed by atoms with Gasteiger partial charge in [0.15, 0.2) is 0 Å². The summed E-state index contributed by atoms with van der Waals surface area (Å²) in [6, 6.07) is 4.71. The van der Waals surface area contributed by atoms with Crippen LogP contribution >= 0.6 is 0 Å². The SMILES string of the molecule is CC(C)CN1C(=O)c2ccc(C(=O)NC3CCN(C(=O)C4CC4)CC3)cc2C1=O. The number of nitrogens with one attached hydrogen (secondary N) is 1. The minimum Gasteiger partial charge on any atom is -0.349 e. The van der Waals surface area contributed by atoms with E-state index in [4.69, 9.17) is 0 Å². The van der Waals surface area contributed by atoms with Crippen molar-refractivity contribution in [2.24, 2.45) is 11.8 Å². The first kappa shape index (κ1) is 19.6. The topological polar surface area (TPSA) is 86.8 Å². The zero-order valence-corrected chi connectivity index (χ0v) is 16.9. The monoisotopic (exact) mass is 397 g/mol. The van der Waals surface area contributed by atoms with Gasteiger partial charge in [-0.15, -0.1) is 0 Å². The van der Waals surface area contributed by atoms with Gasteiger partial charge in [-0.25, -0.2) is 0 Å². The first-order valence-electron chi connectivity index (χ1n) is 10.4. The molecule has 3 aliphatic rings. The molecule has 1 saturated carbocycles. The van der Waals surface area contributed by atoms with Gasteiger partial charge >= 0.3 is 0 Å². The second kappa shape index (κ2) is 7.61. The van der Waals surface area contributed by atoms with Crippen LogP contribution in [0.1, 0.15) is 70.6 Å². The van der Waals surface area contributed by atoms with Gasteiger partial charge in [0.25, 0.3) is 17.7 Å². The molecular formula is C22H27N3O4. The highest BCUT2D eigenvalue weighted by Gasteiger charge is 2.37. The van der Waals surface area contributed by atoms with Gasteiger partial charge in [-0.3, -0.25) is 24.1 Å². The Labute approximate surface area is 170 Å². The van der Waals surface area contributed by atoms with Gasteiger partial charge in [-0.2, -0.15) is 0 Å². The number of carbonyl (C=O) groups is 4. The van der Waals surface area contributed by atoms with Gasteiger partial charge in [0.1, 0.15) is 0 Å². The van der Waals surface area contributed by atoms with Crippen LogP contribution in [0.4, 0.5) is 0 Å². The maximum atomic E-state index is 12.7. The van der Waals surface area contributed by atoms with E-state index in [-0.39, 0.29) is 41.5 Å². The zero-order chi connectivity index (χ0) is 20.7. The van der Waals surface area contributed by atoms with Crippen LogP contribution in [-0.4, -0.2) is 59.1 Å². The Balaban J connectivity index is 1.38. The Morgan fingerprint density at radius 3 is 2.31 bits per heavy atom. The van der Waals surface area contributed by atoms with Crippen molar-refractivity contribution in [1.82, 2.24) is 15.1 Å². The molecule has 0 aromatic heterocycles. The summed E-state index contributed by atoms with van der Waals surface area (Å²) in [6.45, 7) is 5.60. The largest absolute Gasteiger partial charge is 0.349 e. The number of hydrogen-bond acceptors (Lipinski definition) is 4. The molecule has 154 valence electrons. The lowest BCUT2D eigenvalue weighted by Gasteiger charge is -2.32. The number of benzene rings is 1. The molecule has 4 rings (SSSR count). The summed E-state index contributed by atoms with van der Waals surface area (Å²) in [5.41, 5.74) is 1.04. The second-order valence-corrected chi connectivity index (χ2v) is 8.72. The molecule has 0 unspecified atom stereocenters. The van der Waals surface area contributed by atoms with Gasteiger partial charge in [0.05, 0.1) is 11.1 Å². The number of imide groups is 1. The molecule has 0 spiro atoms. The van der Waals surface area contributed by atoms with E-state index in [2.05, 4.69) is 5.32 Å². The van der Waals surface area contributed by atoms with Gasteiger partial charge in [-0.1, -0.05) is 13.8 Å². The number of rotatable bonds is 5. The quantitative estimate of drug-likeness (QED) is 0.771. The Kier molecular flexibility index (Phi) is 5.15. The molecule has 4 amide bonds. The van der Waals surface area contributed by atoms with Crippen molar-refractivity contribution in [2.75, 3.05) is 19.6 Å². The number of fused-ring (bicyclic) bond motifs is 1. The number of piperidine rings is 1. The highest BCUT2D eigenvalue weighted by atomic mass is 16.2. The Morgan fingerprint density at radius 2 is 1.69 bits per heavy atom. The van der Waals surface area contributed by atoms with E-state index >= 15 is 0 Å². The number of nitrogens with zero attached hydrogens (tertiary/aromatic N) is 2. The van der Waals surface area contributed by atoms with E-state index in [1.54, 1.807) is 12.1 Å². The number of hydrogen-bond donors (Lipinski definition) is 1. The molecule has 2 aliphatic heterocycles. The molecule has 2 heterocycles. The Morgan fingerprint density at radius 1 is 1.03 bits per heavy atom. The summed E-state index contributed by atoms with van der Waals surface area (Å²) >= 11 is 0. The lowest BCUT2D eigenvalue weighted by Crippen LogP contribution is -2.47. The fourth-order valence-corrected chi connectivity index (χ4v) is 4.06. The molecule has 1 aliphatic carbocycles. The maximum Gasteiger partial charge on any atom is 0.261 e. The standard InChI is InChI=1S/C22H27N3O4/c1-13(2)12-25-21(28)17-6-5-15(11-18(17)22(25)29)19(26)23-16-7-9-24(10-8-16)20(27)14-3-4-14/h5-6,11,13-14,16H,3-4,7-10,12H2,1-2H3,(H,23,26). The van der Waals surface area contributed by atoms with Crippen molar-refractivity contribution in [1.29, 1.82) is 0 Å². The highest BCUT2D eigenvalue weighted by molar-refractivity contribution is 6.22. The molecule has 2 fully saturated rings. The van der Waals surface area contributed by atoms with Crippen LogP contribution in [0, 0.1) is 11.8 Å². The molecule has 1 N–H and O–H groups in total. The Bertz CT molecular complexity index is 867. The van der Waals surface area contributed by atoms with E-state index < -0.39 is 0 Å². The van der Waals surface area contributed by atoms with Gasteiger partial charge in [-0.05, 0) is 49.8 Å². The van der Waals surface area contributed by atoms with Crippen LogP contribution in [0.3, 0.4) is 0 Å². The van der Waals surface area contributed by atoms with Crippen LogP contribution in [-0.2, 0) is 4.79 Å². The van der Waals surface area contributed by atoms with E-state index in [0.29, 0.717) is 36.3 Å². The van der Waals surface area contributed by atoms with E-state index in [9.17, 15) is 19.2 Å². The first-order valence-corrected chi connectivity index (χ1v) is 10.4. The van der Waals surface area contributed by atoms with Gasteiger partial charge in [0.2, 0.25) is 5.91 Å². The van der Waals surface area contributed by atoms with Crippen molar-refractivity contribution in [3.8, 4) is 0 Å². The summed E-state index contributed by atoms with van der Waals surface area (Å²) in [4.78, 5) is 53.1. The Hall–Kier alpha value is -2.70. The van der Waals surface area contributed by atoms with Crippen molar-refractivity contribution >= 4 is 23.6 Å². The third-order valence-electron chi connectivity index (χ3n) is 5.85. The van der Waals surface area contributed by atoms with Crippen molar-refractivity contribution in [3.05, 3.63) is 34.9 Å². The lowest BCUT2D eigenvalue weighted by atomic mass is 10.0. The normalized spacial score (nSPS) is 19.7. The molecule has 7 nitrogen and oxygen atoms in total. The van der Waals surface area contributed by atoms with Crippen molar-refractivity contribution in [2.45, 2.75) is 45.6 Å². The molecule has 1 saturated heterocycles. The summed E-state index contributed by atoms with van der Waals surface area (Å²) in [5, 5.41) is 3.01. The molecule has 1 aromatic carbocycles. The first-order chi connectivity index (χ1) is 13.8. The van der Waals surface area contributed by atoms with Crippen LogP contribution in [0.15, 0.2) is 18.2 Å². The summed E-state index contributed by atoms with van der Waals surface area (Å²) in [6.07, 6.45) is 3.47. The summed E-state index contributed by atoms with van der Waals surface area (Å²) < 4.78 is 0. The van der Waals surface area contributed by atoms with E-state index in [0.717, 1.165) is 25.7 Å². The van der Waals surface area contributed by atoms with E-state index in [1.807, 2.05) is 18.7 Å². The zero-order valence-electron chi connectivity index (χ0n) is 16.9. The number of likely N-dealkylation sites (tertiary alicyclic amines) is 1. The smallest absolute Gasteiger partial charge is 0.261 e. The number of carbonyl (C=O) groups excluding carboxylic acids is 4. The lowest BCUT2D eigenvalue weighted by molar-refractivity contribution is -0.133. The van der Waals surface area contributed by atoms with E-state index in [1.165, 1.54) is 11.0 Å². The molecule has 29 heavy (non-hydrogen) atoms. The highest BCUT2D eigenvalue weighted by Crippen LogP contribution is 2.32. The average Bonchev–Trinajstić information content (AvgIpc) is 3.52. The average molecular weight is 397 g/mol. The predicted octanol–water partition coefficient (Wildman–Crippen LogP) is 2.07. The molecule has 7 heteroatoms. The van der Waals surface area contributed by atoms with Gasteiger partial charge < -0.3 is 10.2 Å². The van der Waals surface area contributed by atoms with Crippen LogP contribution in [0.2, 0.25) is 0 Å². The minimum atomic E-state index is -0.333. The minimum absolute atomic E-state index is 0.00813. The fraction of sp³-hybridized carbons (Fsp3) is 0.545. The van der Waals surface area contributed by atoms with Crippen LogP contribution in [0.5, 0.6) is 0 Å².